The molecule has 5 heteroatoms. The number of hydrogen-bond acceptors (Lipinski definition) is 3. The molecule has 0 saturated heterocycles. The van der Waals surface area contributed by atoms with E-state index in [0.717, 1.165) is 4.47 Å². The highest BCUT2D eigenvalue weighted by Crippen LogP contribution is 2.28. The number of benzene rings is 1. The highest BCUT2D eigenvalue weighted by molar-refractivity contribution is 9.10. The summed E-state index contributed by atoms with van der Waals surface area (Å²) < 4.78 is 5.91. The maximum atomic E-state index is 12.0. The summed E-state index contributed by atoms with van der Waals surface area (Å²) in [5.41, 5.74) is 6.27. The molecule has 0 bridgehead atoms. The highest BCUT2D eigenvalue weighted by Gasteiger charge is 2.27. The van der Waals surface area contributed by atoms with Crippen LogP contribution in [-0.4, -0.2) is 19.1 Å². The van der Waals surface area contributed by atoms with Crippen LogP contribution < -0.4 is 15.8 Å². The molecule has 0 aliphatic carbocycles. The standard InChI is InChI=1S/C13H19BrN2O2/c1-13(2,3)11(15)12(17)16-10-7-8(18-4)5-6-9(10)14/h5-7,11H,15H2,1-4H3,(H,16,17)/t11-/m1/s1. The van der Waals surface area contributed by atoms with Crippen molar-refractivity contribution in [3.8, 4) is 5.75 Å². The number of nitrogens with one attached hydrogen (secondary N) is 1. The maximum Gasteiger partial charge on any atom is 0.241 e. The number of amides is 1. The molecular formula is C13H19BrN2O2. The quantitative estimate of drug-likeness (QED) is 0.901. The molecule has 0 spiro atoms. The number of ether oxygens (including phenoxy) is 1. The van der Waals surface area contributed by atoms with Crippen molar-refractivity contribution in [2.24, 2.45) is 11.1 Å². The minimum Gasteiger partial charge on any atom is -0.497 e. The molecule has 0 heterocycles. The summed E-state index contributed by atoms with van der Waals surface area (Å²) in [4.78, 5) is 12.0. The van der Waals surface area contributed by atoms with Crippen molar-refractivity contribution >= 4 is 27.5 Å². The van der Waals surface area contributed by atoms with E-state index in [1.807, 2.05) is 32.9 Å². The number of halogens is 1. The van der Waals surface area contributed by atoms with Crippen LogP contribution in [0.25, 0.3) is 0 Å². The molecular weight excluding hydrogens is 296 g/mol. The van der Waals surface area contributed by atoms with Gasteiger partial charge < -0.3 is 15.8 Å². The number of rotatable bonds is 3. The number of hydrogen-bond donors (Lipinski definition) is 2. The van der Waals surface area contributed by atoms with Gasteiger partial charge in [0.1, 0.15) is 5.75 Å². The van der Waals surface area contributed by atoms with Gasteiger partial charge in [-0.1, -0.05) is 20.8 Å². The second-order valence-corrected chi connectivity index (χ2v) is 6.03. The Morgan fingerprint density at radius 3 is 2.56 bits per heavy atom. The van der Waals surface area contributed by atoms with Crippen molar-refractivity contribution < 1.29 is 9.53 Å². The Bertz CT molecular complexity index is 441. The van der Waals surface area contributed by atoms with Gasteiger partial charge in [-0.05, 0) is 33.5 Å². The summed E-state index contributed by atoms with van der Waals surface area (Å²) in [5.74, 6) is 0.467. The van der Waals surface area contributed by atoms with E-state index in [2.05, 4.69) is 21.2 Å². The Hall–Kier alpha value is -1.07. The first kappa shape index (κ1) is 15.0. The van der Waals surface area contributed by atoms with E-state index in [-0.39, 0.29) is 11.3 Å². The molecule has 0 saturated carbocycles. The molecule has 4 nitrogen and oxygen atoms in total. The van der Waals surface area contributed by atoms with Crippen molar-refractivity contribution in [1.29, 1.82) is 0 Å². The second kappa shape index (κ2) is 5.71. The normalized spacial score (nSPS) is 13.0. The Balaban J connectivity index is 2.88. The Labute approximate surface area is 116 Å². The lowest BCUT2D eigenvalue weighted by Crippen LogP contribution is -2.45. The van der Waals surface area contributed by atoms with Crippen molar-refractivity contribution in [3.05, 3.63) is 22.7 Å². The topological polar surface area (TPSA) is 64.3 Å². The van der Waals surface area contributed by atoms with Gasteiger partial charge in [-0.3, -0.25) is 4.79 Å². The third-order valence-electron chi connectivity index (χ3n) is 2.65. The molecule has 0 aliphatic rings. The van der Waals surface area contributed by atoms with Crippen LogP contribution in [-0.2, 0) is 4.79 Å². The van der Waals surface area contributed by atoms with Crippen LogP contribution in [0.15, 0.2) is 22.7 Å². The van der Waals surface area contributed by atoms with E-state index in [9.17, 15) is 4.79 Å². The first-order valence-corrected chi connectivity index (χ1v) is 6.45. The molecule has 0 fully saturated rings. The number of methoxy groups -OCH3 is 1. The molecule has 1 aromatic carbocycles. The van der Waals surface area contributed by atoms with Crippen LogP contribution in [0.1, 0.15) is 20.8 Å². The summed E-state index contributed by atoms with van der Waals surface area (Å²) in [6.45, 7) is 5.79. The van der Waals surface area contributed by atoms with E-state index in [1.165, 1.54) is 0 Å². The maximum absolute atomic E-state index is 12.0. The van der Waals surface area contributed by atoms with Crippen LogP contribution in [0, 0.1) is 5.41 Å². The summed E-state index contributed by atoms with van der Waals surface area (Å²) in [7, 11) is 1.58. The Morgan fingerprint density at radius 1 is 1.44 bits per heavy atom. The van der Waals surface area contributed by atoms with Crippen LogP contribution in [0.4, 0.5) is 5.69 Å². The van der Waals surface area contributed by atoms with E-state index >= 15 is 0 Å². The third-order valence-corrected chi connectivity index (χ3v) is 3.34. The van der Waals surface area contributed by atoms with Crippen molar-refractivity contribution in [2.45, 2.75) is 26.8 Å². The van der Waals surface area contributed by atoms with Crippen LogP contribution in [0.2, 0.25) is 0 Å². The van der Waals surface area contributed by atoms with E-state index in [0.29, 0.717) is 11.4 Å². The number of carbonyl (C=O) groups excluding carboxylic acids is 1. The fourth-order valence-corrected chi connectivity index (χ4v) is 1.68. The first-order chi connectivity index (χ1) is 8.25. The summed E-state index contributed by atoms with van der Waals surface area (Å²) in [5, 5.41) is 2.80. The third kappa shape index (κ3) is 3.71. The summed E-state index contributed by atoms with van der Waals surface area (Å²) >= 11 is 3.38. The molecule has 1 aromatic rings. The lowest BCUT2D eigenvalue weighted by Gasteiger charge is -2.26. The van der Waals surface area contributed by atoms with Crippen LogP contribution in [0.5, 0.6) is 5.75 Å². The molecule has 100 valence electrons. The van der Waals surface area contributed by atoms with Gasteiger partial charge in [0.15, 0.2) is 0 Å². The summed E-state index contributed by atoms with van der Waals surface area (Å²) in [6.07, 6.45) is 0. The fraction of sp³-hybridized carbons (Fsp3) is 0.462. The van der Waals surface area contributed by atoms with Gasteiger partial charge in [0.2, 0.25) is 5.91 Å². The van der Waals surface area contributed by atoms with Crippen LogP contribution in [0.3, 0.4) is 0 Å². The lowest BCUT2D eigenvalue weighted by atomic mass is 9.87. The van der Waals surface area contributed by atoms with Crippen molar-refractivity contribution in [3.63, 3.8) is 0 Å². The number of anilines is 1. The zero-order valence-corrected chi connectivity index (χ0v) is 12.7. The zero-order valence-electron chi connectivity index (χ0n) is 11.1. The smallest absolute Gasteiger partial charge is 0.241 e. The van der Waals surface area contributed by atoms with Gasteiger partial charge in [-0.15, -0.1) is 0 Å². The minimum absolute atomic E-state index is 0.212. The van der Waals surface area contributed by atoms with Crippen molar-refractivity contribution in [2.75, 3.05) is 12.4 Å². The van der Waals surface area contributed by atoms with Gasteiger partial charge in [-0.25, -0.2) is 0 Å². The summed E-state index contributed by atoms with van der Waals surface area (Å²) in [6, 6.07) is 4.80. The zero-order chi connectivity index (χ0) is 13.9. The van der Waals surface area contributed by atoms with Gasteiger partial charge in [-0.2, -0.15) is 0 Å². The lowest BCUT2D eigenvalue weighted by molar-refractivity contribution is -0.119. The largest absolute Gasteiger partial charge is 0.497 e. The van der Waals surface area contributed by atoms with E-state index in [1.54, 1.807) is 13.2 Å². The predicted octanol–water partition coefficient (Wildman–Crippen LogP) is 2.77. The molecule has 0 aromatic heterocycles. The molecule has 1 rings (SSSR count). The van der Waals surface area contributed by atoms with Gasteiger partial charge in [0.05, 0.1) is 18.8 Å². The SMILES string of the molecule is COc1ccc(Br)c(NC(=O)[C@@H](N)C(C)(C)C)c1. The molecule has 1 amide bonds. The first-order valence-electron chi connectivity index (χ1n) is 5.65. The molecule has 0 unspecified atom stereocenters. The molecule has 0 aliphatic heterocycles. The molecule has 0 radical (unpaired) electrons. The monoisotopic (exact) mass is 314 g/mol. The van der Waals surface area contributed by atoms with Crippen LogP contribution >= 0.6 is 15.9 Å². The molecule has 18 heavy (non-hydrogen) atoms. The van der Waals surface area contributed by atoms with Gasteiger partial charge in [0, 0.05) is 10.5 Å². The fourth-order valence-electron chi connectivity index (χ4n) is 1.33. The van der Waals surface area contributed by atoms with Crippen molar-refractivity contribution in [1.82, 2.24) is 0 Å². The highest BCUT2D eigenvalue weighted by atomic mass is 79.9. The second-order valence-electron chi connectivity index (χ2n) is 5.18. The Kier molecular flexibility index (Phi) is 4.76. The average Bonchev–Trinajstić information content (AvgIpc) is 2.29. The average molecular weight is 315 g/mol. The van der Waals surface area contributed by atoms with E-state index in [4.69, 9.17) is 10.5 Å². The van der Waals surface area contributed by atoms with E-state index < -0.39 is 6.04 Å². The molecule has 1 atom stereocenters. The number of carbonyl (C=O) groups is 1. The number of nitrogens with two attached hydrogens (primary N) is 1. The Morgan fingerprint density at radius 2 is 2.06 bits per heavy atom. The predicted molar refractivity (Wildman–Crippen MR) is 76.8 cm³/mol. The minimum atomic E-state index is -0.574. The van der Waals surface area contributed by atoms with Gasteiger partial charge in [0.25, 0.3) is 0 Å². The molecule has 3 N–H and O–H groups in total. The van der Waals surface area contributed by atoms with Gasteiger partial charge >= 0.3 is 0 Å².